The molecule has 1 aromatic heterocycles. The molecule has 0 radical (unpaired) electrons. The summed E-state index contributed by atoms with van der Waals surface area (Å²) in [6.45, 7) is 0.656. The third-order valence-corrected chi connectivity index (χ3v) is 3.83. The molecule has 0 saturated heterocycles. The van der Waals surface area contributed by atoms with E-state index in [1.165, 1.54) is 42.2 Å². The number of hydrogen-bond donors (Lipinski definition) is 1. The first-order valence-electron chi connectivity index (χ1n) is 7.77. The number of nitrogens with zero attached hydrogens (tertiary/aromatic N) is 3. The quantitative estimate of drug-likeness (QED) is 0.863. The zero-order chi connectivity index (χ0) is 15.2. The van der Waals surface area contributed by atoms with Crippen LogP contribution in [0.2, 0.25) is 0 Å². The Bertz CT molecular complexity index is 660. The van der Waals surface area contributed by atoms with Crippen molar-refractivity contribution in [2.75, 3.05) is 6.54 Å². The molecule has 0 atom stereocenters. The minimum atomic E-state index is -0.168. The summed E-state index contributed by atoms with van der Waals surface area (Å²) in [6.07, 6.45) is 9.64. The van der Waals surface area contributed by atoms with Crippen LogP contribution in [0, 0.1) is 0 Å². The fraction of sp³-hybridized carbons (Fsp3) is 0.353. The second-order valence-electron chi connectivity index (χ2n) is 5.47. The van der Waals surface area contributed by atoms with Crippen molar-refractivity contribution in [3.63, 3.8) is 0 Å². The number of carbonyl (C=O) groups is 1. The monoisotopic (exact) mass is 296 g/mol. The van der Waals surface area contributed by atoms with Gasteiger partial charge in [-0.25, -0.2) is 0 Å². The first kappa shape index (κ1) is 14.5. The molecular weight excluding hydrogens is 276 g/mol. The number of para-hydroxylation sites is 1. The van der Waals surface area contributed by atoms with Gasteiger partial charge in [-0.1, -0.05) is 29.8 Å². The maximum absolute atomic E-state index is 12.1. The van der Waals surface area contributed by atoms with Crippen LogP contribution in [0.25, 0.3) is 5.69 Å². The average Bonchev–Trinajstić information content (AvgIpc) is 3.07. The second-order valence-corrected chi connectivity index (χ2v) is 5.47. The minimum Gasteiger partial charge on any atom is -0.350 e. The van der Waals surface area contributed by atoms with Crippen LogP contribution in [0.5, 0.6) is 0 Å². The van der Waals surface area contributed by atoms with Gasteiger partial charge in [0, 0.05) is 6.54 Å². The standard InChI is InChI=1S/C17H20N4O/c22-17(18-12-11-14-7-3-1-4-8-14)16-13-19-21(20-16)15-9-5-2-6-10-15/h2,5-7,9-10,13H,1,3-4,8,11-12H2,(H,18,22). The Morgan fingerprint density at radius 1 is 1.23 bits per heavy atom. The Labute approximate surface area is 130 Å². The van der Waals surface area contributed by atoms with Gasteiger partial charge in [-0.05, 0) is 44.2 Å². The highest BCUT2D eigenvalue weighted by Gasteiger charge is 2.11. The van der Waals surface area contributed by atoms with Crippen LogP contribution in [0.3, 0.4) is 0 Å². The predicted octanol–water partition coefficient (Wildman–Crippen LogP) is 2.89. The molecule has 2 aromatic rings. The van der Waals surface area contributed by atoms with Crippen LogP contribution in [-0.4, -0.2) is 27.4 Å². The summed E-state index contributed by atoms with van der Waals surface area (Å²) >= 11 is 0. The summed E-state index contributed by atoms with van der Waals surface area (Å²) in [5, 5.41) is 11.3. The summed E-state index contributed by atoms with van der Waals surface area (Å²) in [7, 11) is 0. The molecule has 22 heavy (non-hydrogen) atoms. The molecule has 5 nitrogen and oxygen atoms in total. The van der Waals surface area contributed by atoms with Gasteiger partial charge in [0.1, 0.15) is 0 Å². The maximum atomic E-state index is 12.1. The highest BCUT2D eigenvalue weighted by molar-refractivity contribution is 5.91. The molecule has 0 spiro atoms. The number of carbonyl (C=O) groups excluding carboxylic acids is 1. The van der Waals surface area contributed by atoms with Gasteiger partial charge in [-0.3, -0.25) is 4.79 Å². The second kappa shape index (κ2) is 7.02. The third-order valence-electron chi connectivity index (χ3n) is 3.83. The van der Waals surface area contributed by atoms with Gasteiger partial charge in [0.25, 0.3) is 5.91 Å². The summed E-state index contributed by atoms with van der Waals surface area (Å²) in [4.78, 5) is 13.6. The highest BCUT2D eigenvalue weighted by Crippen LogP contribution is 2.19. The van der Waals surface area contributed by atoms with Crippen molar-refractivity contribution in [3.8, 4) is 5.69 Å². The van der Waals surface area contributed by atoms with Gasteiger partial charge < -0.3 is 5.32 Å². The number of benzene rings is 1. The Morgan fingerprint density at radius 2 is 2.09 bits per heavy atom. The van der Waals surface area contributed by atoms with Crippen LogP contribution in [0.4, 0.5) is 0 Å². The average molecular weight is 296 g/mol. The number of aromatic nitrogens is 3. The smallest absolute Gasteiger partial charge is 0.273 e. The van der Waals surface area contributed by atoms with Crippen molar-refractivity contribution in [2.24, 2.45) is 0 Å². The van der Waals surface area contributed by atoms with E-state index in [-0.39, 0.29) is 5.91 Å². The lowest BCUT2D eigenvalue weighted by Gasteiger charge is -2.12. The van der Waals surface area contributed by atoms with Gasteiger partial charge in [0.2, 0.25) is 0 Å². The molecule has 1 heterocycles. The van der Waals surface area contributed by atoms with Crippen LogP contribution in [0.1, 0.15) is 42.6 Å². The van der Waals surface area contributed by atoms with Crippen LogP contribution < -0.4 is 5.32 Å². The molecule has 1 amide bonds. The number of hydrogen-bond acceptors (Lipinski definition) is 3. The first-order chi connectivity index (χ1) is 10.8. The molecule has 3 rings (SSSR count). The summed E-state index contributed by atoms with van der Waals surface area (Å²) in [6, 6.07) is 9.56. The van der Waals surface area contributed by atoms with Crippen molar-refractivity contribution in [1.82, 2.24) is 20.3 Å². The normalized spacial score (nSPS) is 14.5. The van der Waals surface area contributed by atoms with E-state index < -0.39 is 0 Å². The molecule has 114 valence electrons. The zero-order valence-electron chi connectivity index (χ0n) is 12.5. The lowest BCUT2D eigenvalue weighted by atomic mass is 9.97. The lowest BCUT2D eigenvalue weighted by molar-refractivity contribution is 0.0948. The van der Waals surface area contributed by atoms with Crippen molar-refractivity contribution in [3.05, 3.63) is 53.9 Å². The Hall–Kier alpha value is -2.43. The van der Waals surface area contributed by atoms with Crippen molar-refractivity contribution in [2.45, 2.75) is 32.1 Å². The van der Waals surface area contributed by atoms with E-state index in [4.69, 9.17) is 0 Å². The predicted molar refractivity (Wildman–Crippen MR) is 84.9 cm³/mol. The van der Waals surface area contributed by atoms with Gasteiger partial charge in [-0.2, -0.15) is 9.90 Å². The molecule has 0 saturated carbocycles. The van der Waals surface area contributed by atoms with Gasteiger partial charge in [0.05, 0.1) is 11.9 Å². The van der Waals surface area contributed by atoms with E-state index in [2.05, 4.69) is 21.6 Å². The van der Waals surface area contributed by atoms with Gasteiger partial charge in [0.15, 0.2) is 5.69 Å². The molecule has 0 unspecified atom stereocenters. The Balaban J connectivity index is 1.54. The van der Waals surface area contributed by atoms with Crippen molar-refractivity contribution in [1.29, 1.82) is 0 Å². The number of nitrogens with one attached hydrogen (secondary N) is 1. The Morgan fingerprint density at radius 3 is 2.86 bits per heavy atom. The molecular formula is C17H20N4O. The van der Waals surface area contributed by atoms with Gasteiger partial charge in [-0.15, -0.1) is 5.10 Å². The fourth-order valence-electron chi connectivity index (χ4n) is 2.61. The van der Waals surface area contributed by atoms with Gasteiger partial charge >= 0.3 is 0 Å². The molecule has 1 aliphatic carbocycles. The molecule has 0 bridgehead atoms. The molecule has 0 fully saturated rings. The van der Waals surface area contributed by atoms with Crippen molar-refractivity contribution >= 4 is 5.91 Å². The van der Waals surface area contributed by atoms with E-state index in [1.54, 1.807) is 0 Å². The molecule has 1 N–H and O–H groups in total. The lowest BCUT2D eigenvalue weighted by Crippen LogP contribution is -2.25. The van der Waals surface area contributed by atoms with E-state index in [9.17, 15) is 4.79 Å². The van der Waals surface area contributed by atoms with Crippen LogP contribution in [0.15, 0.2) is 48.2 Å². The maximum Gasteiger partial charge on any atom is 0.273 e. The van der Waals surface area contributed by atoms with E-state index in [0.29, 0.717) is 12.2 Å². The molecule has 1 aliphatic rings. The first-order valence-corrected chi connectivity index (χ1v) is 7.77. The number of allylic oxidation sites excluding steroid dienone is 1. The number of amides is 1. The number of rotatable bonds is 5. The molecule has 1 aromatic carbocycles. The highest BCUT2D eigenvalue weighted by atomic mass is 16.2. The topological polar surface area (TPSA) is 59.8 Å². The van der Waals surface area contributed by atoms with E-state index in [0.717, 1.165) is 12.1 Å². The summed E-state index contributed by atoms with van der Waals surface area (Å²) in [5.41, 5.74) is 2.65. The fourth-order valence-corrected chi connectivity index (χ4v) is 2.61. The largest absolute Gasteiger partial charge is 0.350 e. The SMILES string of the molecule is O=C(NCCC1=CCCCC1)c1cnn(-c2ccccc2)n1. The van der Waals surface area contributed by atoms with Crippen LogP contribution >= 0.6 is 0 Å². The summed E-state index contributed by atoms with van der Waals surface area (Å²) in [5.74, 6) is -0.168. The molecule has 5 heteroatoms. The van der Waals surface area contributed by atoms with E-state index in [1.807, 2.05) is 30.3 Å². The summed E-state index contributed by atoms with van der Waals surface area (Å²) < 4.78 is 0. The third kappa shape index (κ3) is 3.61. The molecule has 0 aliphatic heterocycles. The minimum absolute atomic E-state index is 0.168. The van der Waals surface area contributed by atoms with Crippen molar-refractivity contribution < 1.29 is 4.79 Å². The Kier molecular flexibility index (Phi) is 4.63. The van der Waals surface area contributed by atoms with Crippen LogP contribution in [-0.2, 0) is 0 Å². The zero-order valence-corrected chi connectivity index (χ0v) is 12.5. The van der Waals surface area contributed by atoms with E-state index >= 15 is 0 Å².